The average molecular weight is 396 g/mol. The second-order valence-electron chi connectivity index (χ2n) is 7.12. The van der Waals surface area contributed by atoms with Crippen LogP contribution in [-0.4, -0.2) is 30.9 Å². The largest absolute Gasteiger partial charge is 0.454 e. The zero-order valence-electron chi connectivity index (χ0n) is 16.7. The van der Waals surface area contributed by atoms with Gasteiger partial charge < -0.3 is 4.42 Å². The topological polar surface area (TPSA) is 74.0 Å². The number of nitrogens with zero attached hydrogens (tertiary/aromatic N) is 6. The Morgan fingerprint density at radius 2 is 1.70 bits per heavy atom. The molecule has 0 aliphatic rings. The standard InChI is InChI=1S/C23H20N6O/c1-16-25-26-17(2)29(16)24-13-20-15-28(14-18-8-4-3-5-9-18)27-23(20)22-12-19-10-6-7-11-21(19)30-22/h3-13,15H,14H2,1-2H3. The molecular weight excluding hydrogens is 376 g/mol. The van der Waals surface area contributed by atoms with Crippen LogP contribution in [0.2, 0.25) is 0 Å². The van der Waals surface area contributed by atoms with Crippen LogP contribution >= 0.6 is 0 Å². The molecule has 0 bridgehead atoms. The van der Waals surface area contributed by atoms with E-state index in [-0.39, 0.29) is 0 Å². The highest BCUT2D eigenvalue weighted by Crippen LogP contribution is 2.28. The van der Waals surface area contributed by atoms with E-state index in [1.807, 2.05) is 73.3 Å². The van der Waals surface area contributed by atoms with Crippen molar-refractivity contribution in [2.75, 3.05) is 0 Å². The minimum absolute atomic E-state index is 0.659. The third-order valence-corrected chi connectivity index (χ3v) is 4.90. The molecule has 30 heavy (non-hydrogen) atoms. The number of rotatable bonds is 5. The summed E-state index contributed by atoms with van der Waals surface area (Å²) in [5.41, 5.74) is 3.61. The summed E-state index contributed by atoms with van der Waals surface area (Å²) in [5, 5.41) is 18.5. The summed E-state index contributed by atoms with van der Waals surface area (Å²) in [4.78, 5) is 0. The Kier molecular flexibility index (Phi) is 4.48. The molecule has 7 nitrogen and oxygen atoms in total. The van der Waals surface area contributed by atoms with E-state index in [0.29, 0.717) is 12.3 Å². The van der Waals surface area contributed by atoms with Crippen molar-refractivity contribution in [3.8, 4) is 11.5 Å². The normalized spacial score (nSPS) is 11.7. The molecule has 148 valence electrons. The highest BCUT2D eigenvalue weighted by Gasteiger charge is 2.15. The van der Waals surface area contributed by atoms with Gasteiger partial charge in [0.1, 0.15) is 11.3 Å². The lowest BCUT2D eigenvalue weighted by Gasteiger charge is -2.00. The highest BCUT2D eigenvalue weighted by atomic mass is 16.3. The Hall–Kier alpha value is -4.00. The van der Waals surface area contributed by atoms with Gasteiger partial charge in [0, 0.05) is 17.1 Å². The number of para-hydroxylation sites is 1. The van der Waals surface area contributed by atoms with Crippen LogP contribution in [0.5, 0.6) is 0 Å². The summed E-state index contributed by atoms with van der Waals surface area (Å²) in [7, 11) is 0. The summed E-state index contributed by atoms with van der Waals surface area (Å²) >= 11 is 0. The second kappa shape index (κ2) is 7.44. The summed E-state index contributed by atoms with van der Waals surface area (Å²) < 4.78 is 9.69. The van der Waals surface area contributed by atoms with Crippen LogP contribution < -0.4 is 0 Å². The molecule has 0 amide bonds. The van der Waals surface area contributed by atoms with Crippen LogP contribution in [0, 0.1) is 13.8 Å². The lowest BCUT2D eigenvalue weighted by Crippen LogP contribution is -1.99. The predicted octanol–water partition coefficient (Wildman–Crippen LogP) is 4.44. The quantitative estimate of drug-likeness (QED) is 0.412. The molecule has 0 radical (unpaired) electrons. The third kappa shape index (κ3) is 3.41. The van der Waals surface area contributed by atoms with Gasteiger partial charge in [0.15, 0.2) is 17.4 Å². The van der Waals surface area contributed by atoms with E-state index in [1.54, 1.807) is 10.9 Å². The molecule has 0 fully saturated rings. The SMILES string of the molecule is Cc1nnc(C)n1N=Cc1cn(Cc2ccccc2)nc1-c1cc2ccccc2o1. The highest BCUT2D eigenvalue weighted by molar-refractivity contribution is 5.90. The molecule has 2 aromatic carbocycles. The molecule has 3 heterocycles. The van der Waals surface area contributed by atoms with Crippen molar-refractivity contribution in [3.05, 3.63) is 89.6 Å². The molecule has 0 saturated carbocycles. The van der Waals surface area contributed by atoms with Gasteiger partial charge >= 0.3 is 0 Å². The summed E-state index contributed by atoms with van der Waals surface area (Å²) in [6.45, 7) is 4.40. The number of aryl methyl sites for hydroxylation is 2. The molecule has 5 aromatic rings. The molecule has 0 spiro atoms. The number of hydrogen-bond donors (Lipinski definition) is 0. The summed E-state index contributed by atoms with van der Waals surface area (Å²) in [5.74, 6) is 2.16. The monoisotopic (exact) mass is 396 g/mol. The minimum atomic E-state index is 0.659. The van der Waals surface area contributed by atoms with Gasteiger partial charge in [-0.15, -0.1) is 10.2 Å². The van der Waals surface area contributed by atoms with Gasteiger partial charge in [0.2, 0.25) is 0 Å². The van der Waals surface area contributed by atoms with Crippen LogP contribution in [0.4, 0.5) is 0 Å². The lowest BCUT2D eigenvalue weighted by atomic mass is 10.2. The van der Waals surface area contributed by atoms with Crippen LogP contribution in [-0.2, 0) is 6.54 Å². The number of furan rings is 1. The van der Waals surface area contributed by atoms with E-state index in [2.05, 4.69) is 27.4 Å². The maximum Gasteiger partial charge on any atom is 0.156 e. The molecule has 3 aromatic heterocycles. The van der Waals surface area contributed by atoms with Gasteiger partial charge in [-0.25, -0.2) is 4.68 Å². The van der Waals surface area contributed by atoms with E-state index in [9.17, 15) is 0 Å². The van der Waals surface area contributed by atoms with Gasteiger partial charge in [-0.1, -0.05) is 48.5 Å². The number of benzene rings is 2. The molecule has 0 aliphatic heterocycles. The van der Waals surface area contributed by atoms with Crippen LogP contribution in [0.3, 0.4) is 0 Å². The van der Waals surface area contributed by atoms with E-state index in [1.165, 1.54) is 5.56 Å². The maximum absolute atomic E-state index is 6.07. The minimum Gasteiger partial charge on any atom is -0.454 e. The van der Waals surface area contributed by atoms with Crippen LogP contribution in [0.1, 0.15) is 22.8 Å². The Labute approximate surface area is 173 Å². The summed E-state index contributed by atoms with van der Waals surface area (Å²) in [6.07, 6.45) is 3.76. The zero-order chi connectivity index (χ0) is 20.5. The Bertz CT molecular complexity index is 1290. The fraction of sp³-hybridized carbons (Fsp3) is 0.130. The van der Waals surface area contributed by atoms with Crippen molar-refractivity contribution < 1.29 is 4.42 Å². The van der Waals surface area contributed by atoms with E-state index in [0.717, 1.165) is 33.9 Å². The smallest absolute Gasteiger partial charge is 0.156 e. The van der Waals surface area contributed by atoms with E-state index >= 15 is 0 Å². The number of hydrogen-bond acceptors (Lipinski definition) is 5. The van der Waals surface area contributed by atoms with Crippen LogP contribution in [0.15, 0.2) is 76.4 Å². The molecule has 0 N–H and O–H groups in total. The molecule has 0 atom stereocenters. The molecule has 7 heteroatoms. The van der Waals surface area contributed by atoms with Crippen molar-refractivity contribution in [2.24, 2.45) is 5.10 Å². The molecular formula is C23H20N6O. The van der Waals surface area contributed by atoms with Gasteiger partial charge in [-0.2, -0.15) is 10.2 Å². The molecule has 5 rings (SSSR count). The Morgan fingerprint density at radius 1 is 0.967 bits per heavy atom. The van der Waals surface area contributed by atoms with Gasteiger partial charge in [0.05, 0.1) is 12.8 Å². The molecule has 0 unspecified atom stereocenters. The lowest BCUT2D eigenvalue weighted by molar-refractivity contribution is 0.621. The van der Waals surface area contributed by atoms with Gasteiger partial charge in [0.25, 0.3) is 0 Å². The second-order valence-corrected chi connectivity index (χ2v) is 7.12. The van der Waals surface area contributed by atoms with Crippen LogP contribution in [0.25, 0.3) is 22.4 Å². The first-order valence-corrected chi connectivity index (χ1v) is 9.71. The van der Waals surface area contributed by atoms with E-state index < -0.39 is 0 Å². The van der Waals surface area contributed by atoms with Crippen molar-refractivity contribution in [2.45, 2.75) is 20.4 Å². The predicted molar refractivity (Wildman–Crippen MR) is 115 cm³/mol. The molecule has 0 aliphatic carbocycles. The zero-order valence-corrected chi connectivity index (χ0v) is 16.7. The van der Waals surface area contributed by atoms with Gasteiger partial charge in [-0.3, -0.25) is 4.68 Å². The summed E-state index contributed by atoms with van der Waals surface area (Å²) in [6, 6.07) is 20.2. The van der Waals surface area contributed by atoms with E-state index in [4.69, 9.17) is 9.52 Å². The fourth-order valence-electron chi connectivity index (χ4n) is 3.42. The molecule has 0 saturated heterocycles. The van der Waals surface area contributed by atoms with Crippen molar-refractivity contribution in [1.29, 1.82) is 0 Å². The van der Waals surface area contributed by atoms with Gasteiger partial charge in [-0.05, 0) is 31.5 Å². The first kappa shape index (κ1) is 18.1. The Morgan fingerprint density at radius 3 is 2.47 bits per heavy atom. The Balaban J connectivity index is 1.58. The number of fused-ring (bicyclic) bond motifs is 1. The fourth-order valence-corrected chi connectivity index (χ4v) is 3.42. The number of aromatic nitrogens is 5. The first-order valence-electron chi connectivity index (χ1n) is 9.71. The van der Waals surface area contributed by atoms with Crippen molar-refractivity contribution >= 4 is 17.2 Å². The van der Waals surface area contributed by atoms with Crippen molar-refractivity contribution in [1.82, 2.24) is 24.7 Å². The first-order chi connectivity index (χ1) is 14.7. The third-order valence-electron chi connectivity index (χ3n) is 4.90. The van der Waals surface area contributed by atoms with Crippen molar-refractivity contribution in [3.63, 3.8) is 0 Å². The average Bonchev–Trinajstić information content (AvgIpc) is 3.44. The maximum atomic E-state index is 6.07.